The Morgan fingerprint density at radius 1 is 1.37 bits per heavy atom. The Morgan fingerprint density at radius 2 is 2.21 bits per heavy atom. The highest BCUT2D eigenvalue weighted by molar-refractivity contribution is 7.99. The molecule has 1 aliphatic heterocycles. The van der Waals surface area contributed by atoms with Crippen LogP contribution in [0.3, 0.4) is 0 Å². The molecular weight excluding hydrogens is 252 g/mol. The number of rotatable bonds is 5. The SMILES string of the molecule is CCSc1ccc([C@H]2CCCCN2CC(C)C)cn1. The third kappa shape index (κ3) is 4.22. The van der Waals surface area contributed by atoms with Gasteiger partial charge in [0.05, 0.1) is 5.03 Å². The predicted octanol–water partition coefficient (Wildman–Crippen LogP) is 4.38. The Kier molecular flexibility index (Phi) is 5.71. The summed E-state index contributed by atoms with van der Waals surface area (Å²) in [4.78, 5) is 7.24. The largest absolute Gasteiger partial charge is 0.296 e. The topological polar surface area (TPSA) is 16.1 Å². The molecule has 1 fully saturated rings. The molecule has 0 N–H and O–H groups in total. The van der Waals surface area contributed by atoms with Gasteiger partial charge >= 0.3 is 0 Å². The van der Waals surface area contributed by atoms with E-state index in [0.29, 0.717) is 6.04 Å². The van der Waals surface area contributed by atoms with Gasteiger partial charge in [0.25, 0.3) is 0 Å². The first-order valence-electron chi connectivity index (χ1n) is 7.53. The zero-order valence-corrected chi connectivity index (χ0v) is 13.2. The summed E-state index contributed by atoms with van der Waals surface area (Å²) in [6.07, 6.45) is 6.08. The van der Waals surface area contributed by atoms with Crippen molar-refractivity contribution in [1.29, 1.82) is 0 Å². The lowest BCUT2D eigenvalue weighted by atomic mass is 9.95. The monoisotopic (exact) mass is 278 g/mol. The van der Waals surface area contributed by atoms with Gasteiger partial charge in [-0.05, 0) is 42.7 Å². The molecule has 3 heteroatoms. The number of thioether (sulfide) groups is 1. The molecule has 19 heavy (non-hydrogen) atoms. The van der Waals surface area contributed by atoms with Crippen molar-refractivity contribution in [3.63, 3.8) is 0 Å². The molecule has 106 valence electrons. The van der Waals surface area contributed by atoms with Gasteiger partial charge in [0, 0.05) is 18.8 Å². The van der Waals surface area contributed by atoms with E-state index in [1.807, 2.05) is 11.8 Å². The van der Waals surface area contributed by atoms with Crippen LogP contribution in [0.4, 0.5) is 0 Å². The summed E-state index contributed by atoms with van der Waals surface area (Å²) in [6.45, 7) is 9.24. The van der Waals surface area contributed by atoms with Crippen molar-refractivity contribution in [2.75, 3.05) is 18.8 Å². The fourth-order valence-corrected chi connectivity index (χ4v) is 3.47. The molecule has 0 spiro atoms. The summed E-state index contributed by atoms with van der Waals surface area (Å²) < 4.78 is 0. The van der Waals surface area contributed by atoms with E-state index in [4.69, 9.17) is 0 Å². The van der Waals surface area contributed by atoms with E-state index >= 15 is 0 Å². The molecule has 0 amide bonds. The molecular formula is C16H26N2S. The maximum atomic E-state index is 4.59. The van der Waals surface area contributed by atoms with Gasteiger partial charge in [-0.2, -0.15) is 0 Å². The van der Waals surface area contributed by atoms with Crippen molar-refractivity contribution < 1.29 is 0 Å². The zero-order valence-electron chi connectivity index (χ0n) is 12.4. The molecule has 0 aromatic carbocycles. The minimum absolute atomic E-state index is 0.587. The smallest absolute Gasteiger partial charge is 0.0959 e. The molecule has 1 atom stereocenters. The standard InChI is InChI=1S/C16H26N2S/c1-4-19-16-9-8-14(11-17-16)15-7-5-6-10-18(15)12-13(2)3/h8-9,11,13,15H,4-7,10,12H2,1-3H3/t15-/m1/s1. The summed E-state index contributed by atoms with van der Waals surface area (Å²) in [5.74, 6) is 1.83. The van der Waals surface area contributed by atoms with Crippen molar-refractivity contribution in [3.05, 3.63) is 23.9 Å². The van der Waals surface area contributed by atoms with Crippen LogP contribution in [0.5, 0.6) is 0 Å². The van der Waals surface area contributed by atoms with E-state index < -0.39 is 0 Å². The summed E-state index contributed by atoms with van der Waals surface area (Å²) in [6, 6.07) is 5.06. The number of aromatic nitrogens is 1. The quantitative estimate of drug-likeness (QED) is 0.744. The average Bonchev–Trinajstić information content (AvgIpc) is 2.40. The Balaban J connectivity index is 2.08. The second-order valence-corrected chi connectivity index (χ2v) is 7.05. The van der Waals surface area contributed by atoms with Crippen molar-refractivity contribution >= 4 is 11.8 Å². The Morgan fingerprint density at radius 3 is 2.84 bits per heavy atom. The molecule has 1 aromatic rings. The molecule has 0 unspecified atom stereocenters. The fraction of sp³-hybridized carbons (Fsp3) is 0.688. The van der Waals surface area contributed by atoms with Crippen molar-refractivity contribution in [1.82, 2.24) is 9.88 Å². The number of pyridine rings is 1. The maximum absolute atomic E-state index is 4.59. The summed E-state index contributed by atoms with van der Waals surface area (Å²) in [5.41, 5.74) is 1.40. The van der Waals surface area contributed by atoms with Gasteiger partial charge in [0.1, 0.15) is 0 Å². The molecule has 0 aliphatic carbocycles. The first-order valence-corrected chi connectivity index (χ1v) is 8.52. The number of likely N-dealkylation sites (tertiary alicyclic amines) is 1. The Hall–Kier alpha value is -0.540. The highest BCUT2D eigenvalue weighted by Crippen LogP contribution is 2.31. The predicted molar refractivity (Wildman–Crippen MR) is 83.6 cm³/mol. The second-order valence-electron chi connectivity index (χ2n) is 5.76. The highest BCUT2D eigenvalue weighted by atomic mass is 32.2. The van der Waals surface area contributed by atoms with E-state index in [2.05, 4.69) is 49.0 Å². The lowest BCUT2D eigenvalue weighted by Crippen LogP contribution is -2.36. The lowest BCUT2D eigenvalue weighted by Gasteiger charge is -2.37. The van der Waals surface area contributed by atoms with E-state index in [1.54, 1.807) is 0 Å². The maximum Gasteiger partial charge on any atom is 0.0959 e. The third-order valence-electron chi connectivity index (χ3n) is 3.65. The van der Waals surface area contributed by atoms with Crippen LogP contribution in [0.15, 0.2) is 23.4 Å². The van der Waals surface area contributed by atoms with Gasteiger partial charge in [0.2, 0.25) is 0 Å². The zero-order chi connectivity index (χ0) is 13.7. The van der Waals surface area contributed by atoms with Gasteiger partial charge in [-0.15, -0.1) is 11.8 Å². The second kappa shape index (κ2) is 7.30. The summed E-state index contributed by atoms with van der Waals surface area (Å²) in [7, 11) is 0. The number of nitrogens with zero attached hydrogens (tertiary/aromatic N) is 2. The molecule has 1 aliphatic rings. The average molecular weight is 278 g/mol. The van der Waals surface area contributed by atoms with Crippen LogP contribution < -0.4 is 0 Å². The van der Waals surface area contributed by atoms with E-state index in [0.717, 1.165) is 16.7 Å². The number of hydrogen-bond acceptors (Lipinski definition) is 3. The Bertz CT molecular complexity index is 375. The van der Waals surface area contributed by atoms with E-state index in [-0.39, 0.29) is 0 Å². The van der Waals surface area contributed by atoms with Crippen LogP contribution in [-0.2, 0) is 0 Å². The Labute approximate surface area is 122 Å². The molecule has 0 saturated carbocycles. The molecule has 2 nitrogen and oxygen atoms in total. The number of hydrogen-bond donors (Lipinski definition) is 0. The molecule has 0 radical (unpaired) electrons. The molecule has 2 heterocycles. The van der Waals surface area contributed by atoms with E-state index in [1.165, 1.54) is 37.9 Å². The van der Waals surface area contributed by atoms with Crippen LogP contribution in [0.2, 0.25) is 0 Å². The molecule has 1 aromatic heterocycles. The van der Waals surface area contributed by atoms with Crippen LogP contribution in [0.25, 0.3) is 0 Å². The van der Waals surface area contributed by atoms with Crippen LogP contribution >= 0.6 is 11.8 Å². The van der Waals surface area contributed by atoms with Gasteiger partial charge in [-0.3, -0.25) is 4.90 Å². The summed E-state index contributed by atoms with van der Waals surface area (Å²) in [5, 5.41) is 1.15. The first-order chi connectivity index (χ1) is 9.20. The van der Waals surface area contributed by atoms with Crippen LogP contribution in [-0.4, -0.2) is 28.7 Å². The van der Waals surface area contributed by atoms with Gasteiger partial charge < -0.3 is 0 Å². The minimum Gasteiger partial charge on any atom is -0.296 e. The van der Waals surface area contributed by atoms with Crippen molar-refractivity contribution in [2.24, 2.45) is 5.92 Å². The van der Waals surface area contributed by atoms with Crippen LogP contribution in [0.1, 0.15) is 51.6 Å². The fourth-order valence-electron chi connectivity index (χ4n) is 2.88. The highest BCUT2D eigenvalue weighted by Gasteiger charge is 2.24. The van der Waals surface area contributed by atoms with Gasteiger partial charge in [-0.25, -0.2) is 4.98 Å². The normalized spacial score (nSPS) is 20.9. The lowest BCUT2D eigenvalue weighted by molar-refractivity contribution is 0.132. The number of piperidine rings is 1. The van der Waals surface area contributed by atoms with Crippen molar-refractivity contribution in [3.8, 4) is 0 Å². The molecule has 1 saturated heterocycles. The van der Waals surface area contributed by atoms with Gasteiger partial charge in [0.15, 0.2) is 0 Å². The first kappa shape index (κ1) is 14.9. The van der Waals surface area contributed by atoms with Gasteiger partial charge in [-0.1, -0.05) is 33.3 Å². The van der Waals surface area contributed by atoms with E-state index in [9.17, 15) is 0 Å². The summed E-state index contributed by atoms with van der Waals surface area (Å²) >= 11 is 1.82. The minimum atomic E-state index is 0.587. The van der Waals surface area contributed by atoms with Crippen LogP contribution in [0, 0.1) is 5.92 Å². The van der Waals surface area contributed by atoms with Crippen molar-refractivity contribution in [2.45, 2.75) is 51.1 Å². The molecule has 0 bridgehead atoms. The third-order valence-corrected chi connectivity index (χ3v) is 4.48. The molecule has 2 rings (SSSR count).